The van der Waals surface area contributed by atoms with Gasteiger partial charge in [0.25, 0.3) is 0 Å². The lowest BCUT2D eigenvalue weighted by Crippen LogP contribution is -1.92. The molecule has 14 heavy (non-hydrogen) atoms. The van der Waals surface area contributed by atoms with Crippen LogP contribution in [0.2, 0.25) is 0 Å². The molecule has 0 atom stereocenters. The van der Waals surface area contributed by atoms with Gasteiger partial charge in [-0.25, -0.2) is 0 Å². The predicted molar refractivity (Wildman–Crippen MR) is 62.4 cm³/mol. The van der Waals surface area contributed by atoms with Gasteiger partial charge in [0.05, 0.1) is 0 Å². The monoisotopic (exact) mass is 184 g/mol. The zero-order valence-corrected chi connectivity index (χ0v) is 9.09. The van der Waals surface area contributed by atoms with Crippen molar-refractivity contribution in [3.8, 4) is 0 Å². The Hall–Kier alpha value is -1.30. The van der Waals surface area contributed by atoms with Crippen LogP contribution in [0.15, 0.2) is 30.4 Å². The summed E-state index contributed by atoms with van der Waals surface area (Å²) in [6, 6.07) is 4.52. The Balaban J connectivity index is 2.57. The molecule has 72 valence electrons. The quantitative estimate of drug-likeness (QED) is 0.620. The molecule has 0 nitrogen and oxygen atoms in total. The molecule has 1 aliphatic carbocycles. The van der Waals surface area contributed by atoms with Gasteiger partial charge in [-0.3, -0.25) is 0 Å². The average Bonchev–Trinajstić information content (AvgIpc) is 2.54. The van der Waals surface area contributed by atoms with Crippen molar-refractivity contribution in [1.29, 1.82) is 0 Å². The molecular weight excluding hydrogens is 168 g/mol. The van der Waals surface area contributed by atoms with Gasteiger partial charge in [-0.1, -0.05) is 35.9 Å². The third-order valence-corrected chi connectivity index (χ3v) is 2.74. The zero-order chi connectivity index (χ0) is 10.1. The van der Waals surface area contributed by atoms with Crippen LogP contribution in [-0.4, -0.2) is 0 Å². The number of aryl methyl sites for hydroxylation is 3. The van der Waals surface area contributed by atoms with E-state index in [1.165, 1.54) is 27.8 Å². The highest BCUT2D eigenvalue weighted by Gasteiger charge is 2.08. The molecule has 0 saturated carbocycles. The minimum Gasteiger partial charge on any atom is -0.0801 e. The first-order chi connectivity index (χ1) is 6.68. The molecule has 0 aromatic heterocycles. The largest absolute Gasteiger partial charge is 0.0801 e. The van der Waals surface area contributed by atoms with E-state index in [1.807, 2.05) is 0 Å². The highest BCUT2D eigenvalue weighted by molar-refractivity contribution is 5.80. The van der Waals surface area contributed by atoms with E-state index in [0.29, 0.717) is 0 Å². The summed E-state index contributed by atoms with van der Waals surface area (Å²) in [5.41, 5.74) is 6.94. The van der Waals surface area contributed by atoms with Crippen molar-refractivity contribution in [3.63, 3.8) is 0 Å². The molecule has 0 aliphatic heterocycles. The van der Waals surface area contributed by atoms with Crippen LogP contribution < -0.4 is 0 Å². The van der Waals surface area contributed by atoms with Gasteiger partial charge >= 0.3 is 0 Å². The van der Waals surface area contributed by atoms with Gasteiger partial charge in [0, 0.05) is 0 Å². The molecule has 0 saturated heterocycles. The van der Waals surface area contributed by atoms with Crippen LogP contribution in [0, 0.1) is 20.8 Å². The van der Waals surface area contributed by atoms with E-state index < -0.39 is 0 Å². The van der Waals surface area contributed by atoms with Gasteiger partial charge in [0.15, 0.2) is 0 Å². The third-order valence-electron chi connectivity index (χ3n) is 2.74. The normalized spacial score (nSPS) is 14.6. The summed E-state index contributed by atoms with van der Waals surface area (Å²) in [4.78, 5) is 0. The summed E-state index contributed by atoms with van der Waals surface area (Å²) in [7, 11) is 0. The van der Waals surface area contributed by atoms with Crippen molar-refractivity contribution < 1.29 is 0 Å². The van der Waals surface area contributed by atoms with Crippen LogP contribution >= 0.6 is 0 Å². The SMILES string of the molecule is Cc1cc(C)c(C2=CCC=C2)c(C)c1. The summed E-state index contributed by atoms with van der Waals surface area (Å²) >= 11 is 0. The topological polar surface area (TPSA) is 0 Å². The second kappa shape index (κ2) is 3.45. The Morgan fingerprint density at radius 2 is 1.64 bits per heavy atom. The maximum Gasteiger partial charge on any atom is -0.0128 e. The number of hydrogen-bond donors (Lipinski definition) is 0. The smallest absolute Gasteiger partial charge is 0.0128 e. The van der Waals surface area contributed by atoms with E-state index in [9.17, 15) is 0 Å². The van der Waals surface area contributed by atoms with Gasteiger partial charge in [-0.2, -0.15) is 0 Å². The van der Waals surface area contributed by atoms with Crippen LogP contribution in [0.1, 0.15) is 28.7 Å². The molecule has 1 aromatic carbocycles. The molecular formula is C14H16. The van der Waals surface area contributed by atoms with Crippen molar-refractivity contribution in [2.45, 2.75) is 27.2 Å². The lowest BCUT2D eigenvalue weighted by Gasteiger charge is -2.10. The van der Waals surface area contributed by atoms with Gasteiger partial charge in [0.2, 0.25) is 0 Å². The summed E-state index contributed by atoms with van der Waals surface area (Å²) in [5, 5.41) is 0. The summed E-state index contributed by atoms with van der Waals surface area (Å²) in [6.45, 7) is 6.55. The molecule has 0 radical (unpaired) electrons. The Labute approximate surface area is 86.0 Å². The fourth-order valence-electron chi connectivity index (χ4n) is 2.28. The van der Waals surface area contributed by atoms with Crippen LogP contribution in [0.25, 0.3) is 5.57 Å². The fraction of sp³-hybridized carbons (Fsp3) is 0.286. The number of hydrogen-bond acceptors (Lipinski definition) is 0. The summed E-state index contributed by atoms with van der Waals surface area (Å²) in [6.07, 6.45) is 7.82. The maximum atomic E-state index is 2.30. The number of benzene rings is 1. The van der Waals surface area contributed by atoms with E-state index in [2.05, 4.69) is 51.1 Å². The van der Waals surface area contributed by atoms with Crippen molar-refractivity contribution >= 4 is 5.57 Å². The van der Waals surface area contributed by atoms with Gasteiger partial charge in [-0.15, -0.1) is 0 Å². The minimum absolute atomic E-state index is 1.09. The lowest BCUT2D eigenvalue weighted by atomic mass is 9.94. The third kappa shape index (κ3) is 1.52. The molecule has 0 heterocycles. The van der Waals surface area contributed by atoms with Gasteiger partial charge in [-0.05, 0) is 49.5 Å². The molecule has 0 unspecified atom stereocenters. The van der Waals surface area contributed by atoms with Crippen LogP contribution in [0.5, 0.6) is 0 Å². The molecule has 0 spiro atoms. The second-order valence-electron chi connectivity index (χ2n) is 4.07. The first-order valence-electron chi connectivity index (χ1n) is 5.13. The fourth-order valence-corrected chi connectivity index (χ4v) is 2.28. The number of rotatable bonds is 1. The Morgan fingerprint density at radius 3 is 2.14 bits per heavy atom. The summed E-state index contributed by atoms with van der Waals surface area (Å²) in [5.74, 6) is 0. The molecule has 2 rings (SSSR count). The Bertz CT molecular complexity index is 397. The van der Waals surface area contributed by atoms with Gasteiger partial charge < -0.3 is 0 Å². The average molecular weight is 184 g/mol. The maximum absolute atomic E-state index is 2.30. The van der Waals surface area contributed by atoms with Gasteiger partial charge in [0.1, 0.15) is 0 Å². The molecule has 0 bridgehead atoms. The predicted octanol–water partition coefficient (Wildman–Crippen LogP) is 3.96. The van der Waals surface area contributed by atoms with E-state index in [4.69, 9.17) is 0 Å². The standard InChI is InChI=1S/C14H16/c1-10-8-11(2)14(12(3)9-10)13-6-4-5-7-13/h4,6-9H,5H2,1-3H3. The Kier molecular flexibility index (Phi) is 2.28. The molecule has 1 aliphatic rings. The van der Waals surface area contributed by atoms with Crippen molar-refractivity contribution in [1.82, 2.24) is 0 Å². The van der Waals surface area contributed by atoms with E-state index in [0.717, 1.165) is 6.42 Å². The van der Waals surface area contributed by atoms with E-state index in [1.54, 1.807) is 0 Å². The van der Waals surface area contributed by atoms with Crippen LogP contribution in [0.3, 0.4) is 0 Å². The molecule has 0 fully saturated rings. The lowest BCUT2D eigenvalue weighted by molar-refractivity contribution is 1.29. The van der Waals surface area contributed by atoms with Crippen molar-refractivity contribution in [2.24, 2.45) is 0 Å². The van der Waals surface area contributed by atoms with Crippen LogP contribution in [0.4, 0.5) is 0 Å². The van der Waals surface area contributed by atoms with Crippen molar-refractivity contribution in [3.05, 3.63) is 52.6 Å². The minimum atomic E-state index is 1.09. The molecule has 0 heteroatoms. The second-order valence-corrected chi connectivity index (χ2v) is 4.07. The molecule has 0 N–H and O–H groups in total. The summed E-state index contributed by atoms with van der Waals surface area (Å²) < 4.78 is 0. The molecule has 0 amide bonds. The highest BCUT2D eigenvalue weighted by atomic mass is 14.1. The number of allylic oxidation sites excluding steroid dienone is 4. The van der Waals surface area contributed by atoms with Crippen LogP contribution in [-0.2, 0) is 0 Å². The highest BCUT2D eigenvalue weighted by Crippen LogP contribution is 2.28. The Morgan fingerprint density at radius 1 is 1.00 bits per heavy atom. The zero-order valence-electron chi connectivity index (χ0n) is 9.09. The molecule has 1 aromatic rings. The van der Waals surface area contributed by atoms with E-state index in [-0.39, 0.29) is 0 Å². The van der Waals surface area contributed by atoms with E-state index >= 15 is 0 Å². The van der Waals surface area contributed by atoms with Crippen molar-refractivity contribution in [2.75, 3.05) is 0 Å². The first-order valence-corrected chi connectivity index (χ1v) is 5.13. The first kappa shape index (κ1) is 9.26.